The Balaban J connectivity index is 1.54. The van der Waals surface area contributed by atoms with E-state index in [-0.39, 0.29) is 0 Å². The number of aryl methyl sites for hydroxylation is 1. The summed E-state index contributed by atoms with van der Waals surface area (Å²) < 4.78 is 0. The van der Waals surface area contributed by atoms with Crippen molar-refractivity contribution in [1.82, 2.24) is 20.3 Å². The summed E-state index contributed by atoms with van der Waals surface area (Å²) in [5, 5.41) is 14.2. The highest BCUT2D eigenvalue weighted by molar-refractivity contribution is 6.35. The van der Waals surface area contributed by atoms with Gasteiger partial charge in [0.05, 0.1) is 23.9 Å². The maximum atomic E-state index is 6.62. The van der Waals surface area contributed by atoms with Crippen molar-refractivity contribution in [3.8, 4) is 0 Å². The number of halogens is 2. The summed E-state index contributed by atoms with van der Waals surface area (Å²) in [7, 11) is 0. The molecule has 1 aliphatic heterocycles. The molecule has 2 heterocycles. The third-order valence-electron chi connectivity index (χ3n) is 6.15. The van der Waals surface area contributed by atoms with Crippen LogP contribution in [0.5, 0.6) is 0 Å². The van der Waals surface area contributed by atoms with Crippen LogP contribution in [-0.2, 0) is 12.0 Å². The van der Waals surface area contributed by atoms with Gasteiger partial charge in [-0.25, -0.2) is 0 Å². The van der Waals surface area contributed by atoms with Crippen LogP contribution in [0.4, 0.5) is 0 Å². The van der Waals surface area contributed by atoms with E-state index in [1.54, 1.807) is 0 Å². The number of allylic oxidation sites excluding steroid dienone is 4. The lowest BCUT2D eigenvalue weighted by Gasteiger charge is -2.31. The molecule has 2 aromatic rings. The van der Waals surface area contributed by atoms with Crippen molar-refractivity contribution >= 4 is 23.2 Å². The number of piperidine rings is 1. The van der Waals surface area contributed by atoms with Crippen molar-refractivity contribution in [3.63, 3.8) is 0 Å². The molecular weight excluding hydrogens is 403 g/mol. The second-order valence-electron chi connectivity index (χ2n) is 8.26. The van der Waals surface area contributed by atoms with Crippen molar-refractivity contribution in [1.29, 1.82) is 0 Å². The van der Waals surface area contributed by atoms with E-state index in [2.05, 4.69) is 35.6 Å². The van der Waals surface area contributed by atoms with E-state index in [0.29, 0.717) is 10.0 Å². The average molecular weight is 431 g/mol. The summed E-state index contributed by atoms with van der Waals surface area (Å²) in [4.78, 5) is 1.84. The summed E-state index contributed by atoms with van der Waals surface area (Å²) in [5.74, 6) is 0.785. The predicted molar refractivity (Wildman–Crippen MR) is 120 cm³/mol. The van der Waals surface area contributed by atoms with Crippen LogP contribution in [0.25, 0.3) is 0 Å². The van der Waals surface area contributed by atoms with Gasteiger partial charge in [-0.2, -0.15) is 15.0 Å². The van der Waals surface area contributed by atoms with Crippen molar-refractivity contribution < 1.29 is 0 Å². The van der Waals surface area contributed by atoms with Gasteiger partial charge in [0, 0.05) is 10.0 Å². The molecule has 1 aromatic heterocycles. The van der Waals surface area contributed by atoms with Crippen LogP contribution in [0.2, 0.25) is 10.0 Å². The molecule has 2 atom stereocenters. The average Bonchev–Trinajstić information content (AvgIpc) is 3.19. The monoisotopic (exact) mass is 430 g/mol. The lowest BCUT2D eigenvalue weighted by atomic mass is 9.72. The standard InChI is InChI=1S/C23H28Cl2N4/c1-17-8-10-23(11-9-17,20-7-6-19(24)14-21(20)25)22-16-27-29(28-22)13-3-5-18-4-2-12-26-15-18/h6-10,14,16,18,26H,2-5,11-13,15H2,1H3. The molecule has 2 aliphatic rings. The molecule has 0 spiro atoms. The molecule has 0 amide bonds. The van der Waals surface area contributed by atoms with Gasteiger partial charge in [0.25, 0.3) is 0 Å². The molecule has 1 saturated heterocycles. The first kappa shape index (κ1) is 20.6. The highest BCUT2D eigenvalue weighted by atomic mass is 35.5. The van der Waals surface area contributed by atoms with E-state index in [1.807, 2.05) is 29.2 Å². The molecular formula is C23H28Cl2N4. The van der Waals surface area contributed by atoms with Crippen molar-refractivity contribution in [2.45, 2.75) is 51.0 Å². The van der Waals surface area contributed by atoms with Crippen LogP contribution in [-0.4, -0.2) is 28.1 Å². The molecule has 29 heavy (non-hydrogen) atoms. The van der Waals surface area contributed by atoms with E-state index in [0.717, 1.165) is 49.7 Å². The van der Waals surface area contributed by atoms with Gasteiger partial charge in [-0.15, -0.1) is 0 Å². The van der Waals surface area contributed by atoms with Crippen LogP contribution in [0, 0.1) is 5.92 Å². The Morgan fingerprint density at radius 3 is 2.93 bits per heavy atom. The second kappa shape index (κ2) is 9.03. The Morgan fingerprint density at radius 1 is 1.31 bits per heavy atom. The van der Waals surface area contributed by atoms with Gasteiger partial charge in [-0.3, -0.25) is 0 Å². The summed E-state index contributed by atoms with van der Waals surface area (Å²) in [6.45, 7) is 5.27. The summed E-state index contributed by atoms with van der Waals surface area (Å²) in [5.41, 5.74) is 2.79. The summed E-state index contributed by atoms with van der Waals surface area (Å²) >= 11 is 12.8. The van der Waals surface area contributed by atoms with Crippen LogP contribution >= 0.6 is 23.2 Å². The number of rotatable bonds is 6. The number of hydrogen-bond donors (Lipinski definition) is 1. The smallest absolute Gasteiger partial charge is 0.0974 e. The first-order chi connectivity index (χ1) is 14.1. The summed E-state index contributed by atoms with van der Waals surface area (Å²) in [6, 6.07) is 5.71. The van der Waals surface area contributed by atoms with Crippen LogP contribution in [0.3, 0.4) is 0 Å². The van der Waals surface area contributed by atoms with Gasteiger partial charge in [-0.1, -0.05) is 53.1 Å². The van der Waals surface area contributed by atoms with Crippen LogP contribution in [0.1, 0.15) is 50.3 Å². The Bertz CT molecular complexity index is 911. The zero-order chi connectivity index (χ0) is 20.3. The molecule has 1 aliphatic carbocycles. The van der Waals surface area contributed by atoms with Crippen molar-refractivity contribution in [2.24, 2.45) is 5.92 Å². The zero-order valence-electron chi connectivity index (χ0n) is 16.9. The molecule has 2 unspecified atom stereocenters. The minimum Gasteiger partial charge on any atom is -0.316 e. The van der Waals surface area contributed by atoms with Gasteiger partial charge < -0.3 is 5.32 Å². The predicted octanol–water partition coefficient (Wildman–Crippen LogP) is 5.56. The Morgan fingerprint density at radius 2 is 2.21 bits per heavy atom. The quantitative estimate of drug-likeness (QED) is 0.652. The number of hydrogen-bond acceptors (Lipinski definition) is 3. The molecule has 154 valence electrons. The zero-order valence-corrected chi connectivity index (χ0v) is 18.4. The lowest BCUT2D eigenvalue weighted by molar-refractivity contribution is 0.336. The maximum Gasteiger partial charge on any atom is 0.0974 e. The number of nitrogens with zero attached hydrogens (tertiary/aromatic N) is 3. The minimum absolute atomic E-state index is 0.410. The number of aromatic nitrogens is 3. The Hall–Kier alpha value is -1.62. The van der Waals surface area contributed by atoms with Gasteiger partial charge in [0.1, 0.15) is 0 Å². The van der Waals surface area contributed by atoms with E-state index >= 15 is 0 Å². The molecule has 4 rings (SSSR count). The van der Waals surface area contributed by atoms with Gasteiger partial charge in [-0.05, 0) is 75.7 Å². The molecule has 0 radical (unpaired) electrons. The van der Waals surface area contributed by atoms with Gasteiger partial charge >= 0.3 is 0 Å². The Kier molecular flexibility index (Phi) is 6.43. The summed E-state index contributed by atoms with van der Waals surface area (Å²) in [6.07, 6.45) is 14.2. The molecule has 1 fully saturated rings. The highest BCUT2D eigenvalue weighted by Gasteiger charge is 2.37. The second-order valence-corrected chi connectivity index (χ2v) is 9.11. The maximum absolute atomic E-state index is 6.62. The van der Waals surface area contributed by atoms with Crippen LogP contribution in [0.15, 0.2) is 48.2 Å². The molecule has 1 N–H and O–H groups in total. The molecule has 1 aromatic carbocycles. The highest BCUT2D eigenvalue weighted by Crippen LogP contribution is 2.43. The fraction of sp³-hybridized carbons (Fsp3) is 0.478. The van der Waals surface area contributed by atoms with E-state index in [1.165, 1.54) is 24.8 Å². The molecule has 0 bridgehead atoms. The SMILES string of the molecule is CC1=CCC(c2cnn(CCCC3CCCNC3)n2)(c2ccc(Cl)cc2Cl)C=C1. The Labute approximate surface area is 183 Å². The van der Waals surface area contributed by atoms with Gasteiger partial charge in [0.2, 0.25) is 0 Å². The first-order valence-electron chi connectivity index (χ1n) is 10.5. The molecule has 0 saturated carbocycles. The third-order valence-corrected chi connectivity index (χ3v) is 6.70. The van der Waals surface area contributed by atoms with E-state index in [9.17, 15) is 0 Å². The normalized spacial score (nSPS) is 24.5. The number of benzene rings is 1. The van der Waals surface area contributed by atoms with Crippen LogP contribution < -0.4 is 5.32 Å². The van der Waals surface area contributed by atoms with E-state index < -0.39 is 5.41 Å². The van der Waals surface area contributed by atoms with E-state index in [4.69, 9.17) is 28.3 Å². The number of nitrogens with one attached hydrogen (secondary N) is 1. The van der Waals surface area contributed by atoms with Crippen molar-refractivity contribution in [3.05, 3.63) is 69.5 Å². The molecule has 6 heteroatoms. The lowest BCUT2D eigenvalue weighted by Crippen LogP contribution is -2.29. The third kappa shape index (κ3) is 4.60. The van der Waals surface area contributed by atoms with Gasteiger partial charge in [0.15, 0.2) is 0 Å². The topological polar surface area (TPSA) is 42.7 Å². The molecule has 4 nitrogen and oxygen atoms in total. The fourth-order valence-electron chi connectivity index (χ4n) is 4.41. The van der Waals surface area contributed by atoms with Crippen molar-refractivity contribution in [2.75, 3.05) is 13.1 Å². The first-order valence-corrected chi connectivity index (χ1v) is 11.3. The minimum atomic E-state index is -0.410. The fourth-order valence-corrected chi connectivity index (χ4v) is 4.99. The largest absolute Gasteiger partial charge is 0.316 e.